The molecule has 0 aromatic heterocycles. The fourth-order valence-electron chi connectivity index (χ4n) is 1.21. The van der Waals surface area contributed by atoms with E-state index in [1.54, 1.807) is 7.11 Å². The van der Waals surface area contributed by atoms with Gasteiger partial charge in [0.1, 0.15) is 11.9 Å². The molecule has 2 nitrogen and oxygen atoms in total. The topological polar surface area (TPSA) is 18.5 Å². The van der Waals surface area contributed by atoms with Crippen molar-refractivity contribution >= 4 is 15.9 Å². The summed E-state index contributed by atoms with van der Waals surface area (Å²) in [4.78, 5) is 0. The van der Waals surface area contributed by atoms with Gasteiger partial charge in [-0.3, -0.25) is 0 Å². The van der Waals surface area contributed by atoms with Crippen LogP contribution in [0.5, 0.6) is 5.75 Å². The highest BCUT2D eigenvalue weighted by molar-refractivity contribution is 9.08. The molecule has 0 bridgehead atoms. The Morgan fingerprint density at radius 1 is 1.36 bits per heavy atom. The van der Waals surface area contributed by atoms with Crippen molar-refractivity contribution < 1.29 is 9.47 Å². The quantitative estimate of drug-likeness (QED) is 0.757. The average Bonchev–Trinajstić information content (AvgIpc) is 2.19. The van der Waals surface area contributed by atoms with Crippen molar-refractivity contribution in [1.82, 2.24) is 0 Å². The first kappa shape index (κ1) is 11.5. The Hall–Kier alpha value is -0.540. The Kier molecular flexibility index (Phi) is 4.98. The first-order valence-corrected chi connectivity index (χ1v) is 5.69. The zero-order chi connectivity index (χ0) is 10.4. The van der Waals surface area contributed by atoms with Crippen LogP contribution in [0.15, 0.2) is 24.3 Å². The van der Waals surface area contributed by atoms with Crippen LogP contribution in [0.4, 0.5) is 0 Å². The van der Waals surface area contributed by atoms with E-state index in [1.165, 1.54) is 0 Å². The third kappa shape index (κ3) is 3.31. The largest absolute Gasteiger partial charge is 0.488 e. The first-order chi connectivity index (χ1) is 6.77. The van der Waals surface area contributed by atoms with Crippen LogP contribution in [0.1, 0.15) is 12.5 Å². The molecule has 14 heavy (non-hydrogen) atoms. The second-order valence-corrected chi connectivity index (χ2v) is 3.69. The van der Waals surface area contributed by atoms with Crippen molar-refractivity contribution in [3.05, 3.63) is 29.8 Å². The van der Waals surface area contributed by atoms with E-state index in [1.807, 2.05) is 31.2 Å². The van der Waals surface area contributed by atoms with Gasteiger partial charge in [0, 0.05) is 18.0 Å². The number of methoxy groups -OCH3 is 1. The summed E-state index contributed by atoms with van der Waals surface area (Å²) >= 11 is 3.43. The number of alkyl halides is 1. The van der Waals surface area contributed by atoms with Gasteiger partial charge in [-0.25, -0.2) is 0 Å². The molecule has 1 aromatic carbocycles. The number of halogens is 1. The lowest BCUT2D eigenvalue weighted by molar-refractivity contribution is 0.0916. The zero-order valence-corrected chi connectivity index (χ0v) is 10.1. The normalized spacial score (nSPS) is 12.5. The van der Waals surface area contributed by atoms with Gasteiger partial charge in [0.2, 0.25) is 0 Å². The van der Waals surface area contributed by atoms with Gasteiger partial charge < -0.3 is 9.47 Å². The molecule has 0 aliphatic heterocycles. The number of hydrogen-bond acceptors (Lipinski definition) is 2. The van der Waals surface area contributed by atoms with Gasteiger partial charge in [-0.05, 0) is 13.0 Å². The highest BCUT2D eigenvalue weighted by Crippen LogP contribution is 2.21. The third-order valence-corrected chi connectivity index (χ3v) is 2.45. The molecule has 0 saturated heterocycles. The molecule has 0 heterocycles. The van der Waals surface area contributed by atoms with Gasteiger partial charge in [-0.15, -0.1) is 0 Å². The van der Waals surface area contributed by atoms with Crippen LogP contribution in [0.3, 0.4) is 0 Å². The minimum atomic E-state index is 0.0835. The van der Waals surface area contributed by atoms with E-state index < -0.39 is 0 Å². The van der Waals surface area contributed by atoms with Gasteiger partial charge >= 0.3 is 0 Å². The first-order valence-electron chi connectivity index (χ1n) is 4.57. The van der Waals surface area contributed by atoms with Crippen LogP contribution >= 0.6 is 15.9 Å². The van der Waals surface area contributed by atoms with Crippen molar-refractivity contribution in [3.8, 4) is 5.75 Å². The maximum atomic E-state index is 5.72. The predicted octanol–water partition coefficient (Wildman–Crippen LogP) is 3.00. The Bertz CT molecular complexity index is 276. The van der Waals surface area contributed by atoms with Gasteiger partial charge in [0.15, 0.2) is 0 Å². The maximum absolute atomic E-state index is 5.72. The molecule has 0 amide bonds. The fourth-order valence-corrected chi connectivity index (χ4v) is 1.68. The molecule has 0 fully saturated rings. The Balaban J connectivity index is 2.65. The standard InChI is InChI=1S/C11H15BrO2/c1-9(8-13-2)14-11-6-4-3-5-10(11)7-12/h3-6,9H,7-8H2,1-2H3. The van der Waals surface area contributed by atoms with Crippen LogP contribution < -0.4 is 4.74 Å². The highest BCUT2D eigenvalue weighted by atomic mass is 79.9. The molecule has 1 rings (SSSR count). The van der Waals surface area contributed by atoms with E-state index in [0.717, 1.165) is 16.6 Å². The van der Waals surface area contributed by atoms with Gasteiger partial charge in [0.25, 0.3) is 0 Å². The summed E-state index contributed by atoms with van der Waals surface area (Å²) in [6.07, 6.45) is 0.0835. The third-order valence-electron chi connectivity index (χ3n) is 1.85. The van der Waals surface area contributed by atoms with E-state index in [4.69, 9.17) is 9.47 Å². The van der Waals surface area contributed by atoms with Crippen molar-refractivity contribution in [2.24, 2.45) is 0 Å². The monoisotopic (exact) mass is 258 g/mol. The van der Waals surface area contributed by atoms with Gasteiger partial charge in [-0.1, -0.05) is 34.1 Å². The van der Waals surface area contributed by atoms with Crippen LogP contribution in [-0.2, 0) is 10.1 Å². The summed E-state index contributed by atoms with van der Waals surface area (Å²) in [5.74, 6) is 0.925. The zero-order valence-electron chi connectivity index (χ0n) is 8.50. The molecule has 3 heteroatoms. The molecular formula is C11H15BrO2. The van der Waals surface area contributed by atoms with E-state index in [-0.39, 0.29) is 6.10 Å². The van der Waals surface area contributed by atoms with Crippen LogP contribution in [-0.4, -0.2) is 19.8 Å². The summed E-state index contributed by atoms with van der Waals surface area (Å²) in [6.45, 7) is 2.60. The summed E-state index contributed by atoms with van der Waals surface area (Å²) in [5, 5.41) is 0.808. The Labute approximate surface area is 93.4 Å². The van der Waals surface area contributed by atoms with Crippen molar-refractivity contribution in [2.75, 3.05) is 13.7 Å². The van der Waals surface area contributed by atoms with Crippen molar-refractivity contribution in [1.29, 1.82) is 0 Å². The number of hydrogen-bond donors (Lipinski definition) is 0. The Morgan fingerprint density at radius 3 is 2.71 bits per heavy atom. The molecule has 0 saturated carbocycles. The van der Waals surface area contributed by atoms with E-state index in [0.29, 0.717) is 6.61 Å². The molecule has 0 spiro atoms. The Morgan fingerprint density at radius 2 is 2.07 bits per heavy atom. The minimum absolute atomic E-state index is 0.0835. The molecular weight excluding hydrogens is 244 g/mol. The maximum Gasteiger partial charge on any atom is 0.123 e. The van der Waals surface area contributed by atoms with Gasteiger partial charge in [0.05, 0.1) is 6.61 Å². The molecule has 1 unspecified atom stereocenters. The SMILES string of the molecule is COCC(C)Oc1ccccc1CBr. The van der Waals surface area contributed by atoms with Crippen LogP contribution in [0, 0.1) is 0 Å². The summed E-state index contributed by atoms with van der Waals surface area (Å²) in [6, 6.07) is 8.00. The molecule has 1 atom stereocenters. The summed E-state index contributed by atoms with van der Waals surface area (Å²) < 4.78 is 10.7. The number of ether oxygens (including phenoxy) is 2. The second kappa shape index (κ2) is 6.04. The second-order valence-electron chi connectivity index (χ2n) is 3.13. The van der Waals surface area contributed by atoms with Crippen molar-refractivity contribution in [3.63, 3.8) is 0 Å². The summed E-state index contributed by atoms with van der Waals surface area (Å²) in [5.41, 5.74) is 1.16. The lowest BCUT2D eigenvalue weighted by Gasteiger charge is -2.15. The smallest absolute Gasteiger partial charge is 0.123 e. The van der Waals surface area contributed by atoms with Crippen molar-refractivity contribution in [2.45, 2.75) is 18.4 Å². The summed E-state index contributed by atoms with van der Waals surface area (Å²) in [7, 11) is 1.68. The fraction of sp³-hybridized carbons (Fsp3) is 0.455. The molecule has 0 aliphatic carbocycles. The molecule has 1 aromatic rings. The number of rotatable bonds is 5. The van der Waals surface area contributed by atoms with Gasteiger partial charge in [-0.2, -0.15) is 0 Å². The molecule has 78 valence electrons. The van der Waals surface area contributed by atoms with Crippen LogP contribution in [0.25, 0.3) is 0 Å². The molecule has 0 aliphatic rings. The minimum Gasteiger partial charge on any atom is -0.488 e. The lowest BCUT2D eigenvalue weighted by atomic mass is 10.2. The molecule has 0 radical (unpaired) electrons. The average molecular weight is 259 g/mol. The van der Waals surface area contributed by atoms with E-state index in [2.05, 4.69) is 15.9 Å². The predicted molar refractivity (Wildman–Crippen MR) is 61.0 cm³/mol. The number of para-hydroxylation sites is 1. The van der Waals surface area contributed by atoms with Crippen LogP contribution in [0.2, 0.25) is 0 Å². The molecule has 0 N–H and O–H groups in total. The van der Waals surface area contributed by atoms with E-state index in [9.17, 15) is 0 Å². The lowest BCUT2D eigenvalue weighted by Crippen LogP contribution is -2.18. The van der Waals surface area contributed by atoms with E-state index >= 15 is 0 Å². The number of benzene rings is 1. The highest BCUT2D eigenvalue weighted by Gasteiger charge is 2.06.